The maximum atomic E-state index is 12.2. The van der Waals surface area contributed by atoms with E-state index in [1.54, 1.807) is 7.05 Å². The van der Waals surface area contributed by atoms with Crippen LogP contribution in [0.25, 0.3) is 0 Å². The molecule has 1 atom stereocenters. The van der Waals surface area contributed by atoms with Crippen molar-refractivity contribution in [3.63, 3.8) is 0 Å². The molecule has 170 valence electrons. The van der Waals surface area contributed by atoms with Gasteiger partial charge >= 0.3 is 0 Å². The predicted molar refractivity (Wildman–Crippen MR) is 134 cm³/mol. The van der Waals surface area contributed by atoms with E-state index in [2.05, 4.69) is 49.5 Å². The van der Waals surface area contributed by atoms with Crippen LogP contribution in [0.4, 0.5) is 0 Å². The Morgan fingerprint density at radius 1 is 1.13 bits per heavy atom. The topological polar surface area (TPSA) is 85.8 Å². The molecule has 7 nitrogen and oxygen atoms in total. The van der Waals surface area contributed by atoms with Gasteiger partial charge in [-0.3, -0.25) is 9.89 Å². The Bertz CT molecular complexity index is 750. The summed E-state index contributed by atoms with van der Waals surface area (Å²) in [6, 6.07) is 10.8. The fourth-order valence-corrected chi connectivity index (χ4v) is 4.92. The normalized spacial score (nSPS) is 19.0. The minimum atomic E-state index is -3.25. The molecule has 0 amide bonds. The van der Waals surface area contributed by atoms with Gasteiger partial charge < -0.3 is 10.6 Å². The molecule has 9 heteroatoms. The summed E-state index contributed by atoms with van der Waals surface area (Å²) in [6.45, 7) is 3.86. The second kappa shape index (κ2) is 12.8. The fraction of sp³-hybridized carbons (Fsp3) is 0.667. The lowest BCUT2D eigenvalue weighted by molar-refractivity contribution is 0.245. The number of guanidine groups is 1. The van der Waals surface area contributed by atoms with Gasteiger partial charge in [-0.2, -0.15) is 0 Å². The van der Waals surface area contributed by atoms with E-state index in [9.17, 15) is 8.42 Å². The van der Waals surface area contributed by atoms with Gasteiger partial charge in [-0.05, 0) is 50.3 Å². The van der Waals surface area contributed by atoms with Gasteiger partial charge in [0.25, 0.3) is 0 Å². The second-order valence-electron chi connectivity index (χ2n) is 8.01. The van der Waals surface area contributed by atoms with E-state index < -0.39 is 10.0 Å². The lowest BCUT2D eigenvalue weighted by Crippen LogP contribution is -2.44. The maximum Gasteiger partial charge on any atom is 0.213 e. The Labute approximate surface area is 198 Å². The molecule has 0 bridgehead atoms. The van der Waals surface area contributed by atoms with Gasteiger partial charge in [0.05, 0.1) is 11.8 Å². The summed E-state index contributed by atoms with van der Waals surface area (Å²) in [5, 5.41) is 6.52. The Kier molecular flexibility index (Phi) is 10.8. The summed E-state index contributed by atoms with van der Waals surface area (Å²) in [5.74, 6) is 1.21. The van der Waals surface area contributed by atoms with Crippen LogP contribution in [-0.4, -0.2) is 64.8 Å². The van der Waals surface area contributed by atoms with E-state index >= 15 is 0 Å². The van der Waals surface area contributed by atoms with Crippen molar-refractivity contribution in [2.75, 3.05) is 45.5 Å². The van der Waals surface area contributed by atoms with Crippen molar-refractivity contribution in [3.8, 4) is 0 Å². The van der Waals surface area contributed by atoms with E-state index in [0.717, 1.165) is 32.5 Å². The molecule has 0 radical (unpaired) electrons. The van der Waals surface area contributed by atoms with Crippen LogP contribution in [0.5, 0.6) is 0 Å². The van der Waals surface area contributed by atoms with E-state index in [1.165, 1.54) is 24.8 Å². The summed E-state index contributed by atoms with van der Waals surface area (Å²) in [7, 11) is -1.53. The number of nitrogens with zero attached hydrogens (tertiary/aromatic N) is 2. The van der Waals surface area contributed by atoms with Crippen molar-refractivity contribution < 1.29 is 8.42 Å². The van der Waals surface area contributed by atoms with Gasteiger partial charge in [-0.15, -0.1) is 24.0 Å². The molecule has 1 aliphatic heterocycles. The smallest absolute Gasteiger partial charge is 0.213 e. The van der Waals surface area contributed by atoms with Gasteiger partial charge in [0.15, 0.2) is 5.96 Å². The first-order valence-electron chi connectivity index (χ1n) is 10.8. The van der Waals surface area contributed by atoms with Gasteiger partial charge in [0.1, 0.15) is 0 Å². The summed E-state index contributed by atoms with van der Waals surface area (Å²) in [6.07, 6.45) is 5.97. The molecule has 2 aliphatic rings. The molecule has 30 heavy (non-hydrogen) atoms. The Morgan fingerprint density at radius 2 is 1.83 bits per heavy atom. The zero-order valence-electron chi connectivity index (χ0n) is 17.8. The van der Waals surface area contributed by atoms with Gasteiger partial charge in [0, 0.05) is 26.7 Å². The molecular weight excluding hydrogens is 513 g/mol. The number of hydrogen-bond acceptors (Lipinski definition) is 4. The van der Waals surface area contributed by atoms with Crippen LogP contribution in [0.1, 0.15) is 43.7 Å². The first-order valence-corrected chi connectivity index (χ1v) is 12.4. The standard InChI is InChI=1S/C21H35N5O2S.HI/c1-22-21(23-12-15-29(27,28)25-16-18-8-7-9-18)24-17-20(26-13-5-6-14-26)19-10-3-2-4-11-19;/h2-4,10-11,18,20,25H,5-9,12-17H2,1H3,(H2,22,23,24);1H. The summed E-state index contributed by atoms with van der Waals surface area (Å²) < 4.78 is 27.0. The Morgan fingerprint density at radius 3 is 2.43 bits per heavy atom. The molecule has 0 spiro atoms. The van der Waals surface area contributed by atoms with Crippen molar-refractivity contribution in [1.29, 1.82) is 0 Å². The Balaban J connectivity index is 0.00000320. The number of sulfonamides is 1. The number of nitrogens with one attached hydrogen (secondary N) is 3. The summed E-state index contributed by atoms with van der Waals surface area (Å²) in [5.41, 5.74) is 1.29. The molecule has 2 fully saturated rings. The molecule has 3 rings (SSSR count). The van der Waals surface area contributed by atoms with Crippen LogP contribution in [0, 0.1) is 5.92 Å². The van der Waals surface area contributed by atoms with Crippen LogP contribution >= 0.6 is 24.0 Å². The minimum Gasteiger partial charge on any atom is -0.355 e. The van der Waals surface area contributed by atoms with E-state index in [0.29, 0.717) is 25.0 Å². The van der Waals surface area contributed by atoms with Crippen molar-refractivity contribution in [2.45, 2.75) is 38.1 Å². The molecule has 1 unspecified atom stereocenters. The van der Waals surface area contributed by atoms with Crippen molar-refractivity contribution in [1.82, 2.24) is 20.3 Å². The van der Waals surface area contributed by atoms with E-state index in [1.807, 2.05) is 6.07 Å². The minimum absolute atomic E-state index is 0. The highest BCUT2D eigenvalue weighted by Gasteiger charge is 2.24. The average Bonchev–Trinajstić information content (AvgIpc) is 3.20. The molecular formula is C21H36IN5O2S. The third-order valence-electron chi connectivity index (χ3n) is 5.93. The van der Waals surface area contributed by atoms with Crippen LogP contribution < -0.4 is 15.4 Å². The lowest BCUT2D eigenvalue weighted by Gasteiger charge is -2.29. The zero-order valence-corrected chi connectivity index (χ0v) is 21.0. The lowest BCUT2D eigenvalue weighted by atomic mass is 9.86. The largest absolute Gasteiger partial charge is 0.355 e. The monoisotopic (exact) mass is 549 g/mol. The molecule has 1 aliphatic carbocycles. The third kappa shape index (κ3) is 7.97. The van der Waals surface area contributed by atoms with Crippen LogP contribution in [0.2, 0.25) is 0 Å². The molecule has 1 saturated carbocycles. The molecule has 1 heterocycles. The number of halogens is 1. The van der Waals surface area contributed by atoms with Crippen LogP contribution in [-0.2, 0) is 10.0 Å². The number of likely N-dealkylation sites (tertiary alicyclic amines) is 1. The van der Waals surface area contributed by atoms with Crippen LogP contribution in [0.3, 0.4) is 0 Å². The van der Waals surface area contributed by atoms with Gasteiger partial charge in [0.2, 0.25) is 10.0 Å². The summed E-state index contributed by atoms with van der Waals surface area (Å²) in [4.78, 5) is 6.76. The van der Waals surface area contributed by atoms with Crippen molar-refractivity contribution >= 4 is 40.0 Å². The predicted octanol–water partition coefficient (Wildman–Crippen LogP) is 2.33. The van der Waals surface area contributed by atoms with Crippen molar-refractivity contribution in [2.24, 2.45) is 10.9 Å². The highest BCUT2D eigenvalue weighted by atomic mass is 127. The molecule has 1 aromatic rings. The maximum absolute atomic E-state index is 12.2. The van der Waals surface area contributed by atoms with Crippen molar-refractivity contribution in [3.05, 3.63) is 35.9 Å². The molecule has 1 aromatic carbocycles. The number of aliphatic imine (C=N–C) groups is 1. The first-order chi connectivity index (χ1) is 14.1. The van der Waals surface area contributed by atoms with Gasteiger partial charge in [-0.25, -0.2) is 13.1 Å². The highest BCUT2D eigenvalue weighted by Crippen LogP contribution is 2.25. The third-order valence-corrected chi connectivity index (χ3v) is 7.28. The Hall–Kier alpha value is -0.910. The quantitative estimate of drug-likeness (QED) is 0.237. The average molecular weight is 550 g/mol. The first kappa shape index (κ1) is 25.4. The van der Waals surface area contributed by atoms with E-state index in [-0.39, 0.29) is 35.8 Å². The number of rotatable bonds is 10. The van der Waals surface area contributed by atoms with Crippen LogP contribution in [0.15, 0.2) is 35.3 Å². The molecule has 3 N–H and O–H groups in total. The molecule has 0 aromatic heterocycles. The second-order valence-corrected chi connectivity index (χ2v) is 9.94. The highest BCUT2D eigenvalue weighted by molar-refractivity contribution is 14.0. The summed E-state index contributed by atoms with van der Waals surface area (Å²) >= 11 is 0. The SMILES string of the molecule is CN=C(NCCS(=O)(=O)NCC1CCC1)NCC(c1ccccc1)N1CCCC1.I. The number of hydrogen-bond donors (Lipinski definition) is 3. The van der Waals surface area contributed by atoms with E-state index in [4.69, 9.17) is 0 Å². The zero-order chi connectivity index (χ0) is 20.5. The van der Waals surface area contributed by atoms with Gasteiger partial charge in [-0.1, -0.05) is 36.8 Å². The fourth-order valence-electron chi connectivity index (χ4n) is 3.92. The molecule has 1 saturated heterocycles. The number of benzene rings is 1.